The largest absolute Gasteiger partial charge is 0.478 e. The highest BCUT2D eigenvalue weighted by atomic mass is 16.6. The zero-order chi connectivity index (χ0) is 23.1. The van der Waals surface area contributed by atoms with Crippen molar-refractivity contribution >= 4 is 18.0 Å². The lowest BCUT2D eigenvalue weighted by molar-refractivity contribution is -0.00223. The molecule has 2 aliphatic rings. The molecule has 2 aliphatic heterocycles. The van der Waals surface area contributed by atoms with Gasteiger partial charge in [-0.15, -0.1) is 0 Å². The third kappa shape index (κ3) is 3.95. The Morgan fingerprint density at radius 2 is 1.66 bits per heavy atom. The lowest BCUT2D eigenvalue weighted by Crippen LogP contribution is -2.52. The van der Waals surface area contributed by atoms with Gasteiger partial charge >= 0.3 is 12.1 Å². The number of hydrogen-bond donors (Lipinski definition) is 1. The fourth-order valence-corrected chi connectivity index (χ4v) is 4.64. The van der Waals surface area contributed by atoms with Gasteiger partial charge in [-0.2, -0.15) is 0 Å². The molecule has 2 heterocycles. The molecule has 0 radical (unpaired) electrons. The van der Waals surface area contributed by atoms with Crippen molar-refractivity contribution in [2.45, 2.75) is 51.3 Å². The van der Waals surface area contributed by atoms with E-state index < -0.39 is 17.1 Å². The van der Waals surface area contributed by atoms with E-state index in [1.807, 2.05) is 49.9 Å². The highest BCUT2D eigenvalue weighted by Gasteiger charge is 2.51. The van der Waals surface area contributed by atoms with Crippen LogP contribution in [0, 0.1) is 0 Å². The van der Waals surface area contributed by atoms with Crippen molar-refractivity contribution in [3.63, 3.8) is 0 Å². The first-order valence-electron chi connectivity index (χ1n) is 10.8. The Kier molecular flexibility index (Phi) is 5.44. The molecule has 2 amide bonds. The van der Waals surface area contributed by atoms with Crippen LogP contribution in [0.4, 0.5) is 4.79 Å². The van der Waals surface area contributed by atoms with E-state index >= 15 is 0 Å². The second kappa shape index (κ2) is 7.97. The van der Waals surface area contributed by atoms with Crippen LogP contribution in [0.3, 0.4) is 0 Å². The summed E-state index contributed by atoms with van der Waals surface area (Å²) in [6, 6.07) is 14.3. The molecule has 168 valence electrons. The van der Waals surface area contributed by atoms with Crippen LogP contribution in [-0.4, -0.2) is 51.6 Å². The molecule has 1 spiro atoms. The summed E-state index contributed by atoms with van der Waals surface area (Å²) in [6.45, 7) is 6.90. The molecule has 0 bridgehead atoms. The van der Waals surface area contributed by atoms with Crippen LogP contribution in [-0.2, 0) is 16.8 Å². The van der Waals surface area contributed by atoms with E-state index in [2.05, 4.69) is 0 Å². The maximum Gasteiger partial charge on any atom is 0.410 e. The third-order valence-electron chi connectivity index (χ3n) is 6.20. The Bertz CT molecular complexity index is 1050. The van der Waals surface area contributed by atoms with Gasteiger partial charge in [-0.05, 0) is 62.9 Å². The molecule has 7 heteroatoms. The van der Waals surface area contributed by atoms with Crippen molar-refractivity contribution in [3.8, 4) is 0 Å². The molecule has 1 saturated heterocycles. The molecular formula is C25H28N2O5. The van der Waals surface area contributed by atoms with Crippen molar-refractivity contribution in [2.24, 2.45) is 0 Å². The Balaban J connectivity index is 1.60. The van der Waals surface area contributed by atoms with Gasteiger partial charge in [0.1, 0.15) is 5.60 Å². The average Bonchev–Trinajstić information content (AvgIpc) is 2.96. The molecule has 7 nitrogen and oxygen atoms in total. The van der Waals surface area contributed by atoms with E-state index in [1.54, 1.807) is 29.2 Å². The number of carbonyl (C=O) groups excluding carboxylic acids is 2. The molecule has 32 heavy (non-hydrogen) atoms. The number of carboxylic acid groups (broad SMARTS) is 1. The molecule has 0 unspecified atom stereocenters. The first-order valence-corrected chi connectivity index (χ1v) is 10.8. The second-order valence-corrected chi connectivity index (χ2v) is 9.44. The van der Waals surface area contributed by atoms with E-state index in [0.29, 0.717) is 38.0 Å². The number of hydrogen-bond acceptors (Lipinski definition) is 4. The van der Waals surface area contributed by atoms with E-state index in [4.69, 9.17) is 9.84 Å². The van der Waals surface area contributed by atoms with Crippen molar-refractivity contribution in [3.05, 3.63) is 70.8 Å². The fraction of sp³-hybridized carbons (Fsp3) is 0.400. The number of ether oxygens (including phenoxy) is 1. The van der Waals surface area contributed by atoms with E-state index in [1.165, 1.54) is 0 Å². The molecule has 0 aromatic heterocycles. The number of carbonyl (C=O) groups is 3. The number of aromatic carboxylic acids is 1. The average molecular weight is 437 g/mol. The van der Waals surface area contributed by atoms with Crippen molar-refractivity contribution < 1.29 is 24.2 Å². The van der Waals surface area contributed by atoms with Gasteiger partial charge in [-0.3, -0.25) is 4.79 Å². The Morgan fingerprint density at radius 3 is 2.25 bits per heavy atom. The molecule has 2 aromatic rings. The van der Waals surface area contributed by atoms with Crippen LogP contribution in [0.2, 0.25) is 0 Å². The number of rotatable bonds is 3. The predicted octanol–water partition coefficient (Wildman–Crippen LogP) is 4.27. The zero-order valence-corrected chi connectivity index (χ0v) is 18.6. The summed E-state index contributed by atoms with van der Waals surface area (Å²) in [7, 11) is 0. The molecule has 4 rings (SSSR count). The smallest absolute Gasteiger partial charge is 0.410 e. The second-order valence-electron chi connectivity index (χ2n) is 9.44. The van der Waals surface area contributed by atoms with Gasteiger partial charge in [0, 0.05) is 25.2 Å². The van der Waals surface area contributed by atoms with Crippen LogP contribution in [0.1, 0.15) is 65.5 Å². The minimum absolute atomic E-state index is 0.0337. The molecule has 0 saturated carbocycles. The number of likely N-dealkylation sites (tertiary alicyclic amines) is 1. The van der Waals surface area contributed by atoms with Gasteiger partial charge in [-0.25, -0.2) is 9.59 Å². The Labute approximate surface area is 187 Å². The Morgan fingerprint density at radius 1 is 1.03 bits per heavy atom. The molecule has 1 fully saturated rings. The molecule has 1 N–H and O–H groups in total. The molecular weight excluding hydrogens is 408 g/mol. The number of nitrogens with zero attached hydrogens (tertiary/aromatic N) is 2. The first kappa shape index (κ1) is 21.9. The summed E-state index contributed by atoms with van der Waals surface area (Å²) in [6.07, 6.45) is 0.894. The molecule has 0 atom stereocenters. The van der Waals surface area contributed by atoms with Crippen LogP contribution in [0.5, 0.6) is 0 Å². The van der Waals surface area contributed by atoms with E-state index in [0.717, 1.165) is 11.1 Å². The van der Waals surface area contributed by atoms with Gasteiger partial charge in [0.25, 0.3) is 5.91 Å². The highest BCUT2D eigenvalue weighted by Crippen LogP contribution is 2.47. The van der Waals surface area contributed by atoms with E-state index in [-0.39, 0.29) is 17.6 Å². The lowest BCUT2D eigenvalue weighted by atomic mass is 9.80. The first-order chi connectivity index (χ1) is 15.1. The highest BCUT2D eigenvalue weighted by molar-refractivity contribution is 6.00. The summed E-state index contributed by atoms with van der Waals surface area (Å²) in [5.74, 6) is -1.01. The fourth-order valence-electron chi connectivity index (χ4n) is 4.64. The monoisotopic (exact) mass is 436 g/mol. The number of benzene rings is 2. The van der Waals surface area contributed by atoms with Gasteiger partial charge in [-0.1, -0.05) is 30.3 Å². The molecule has 0 aliphatic carbocycles. The van der Waals surface area contributed by atoms with Crippen molar-refractivity contribution in [1.82, 2.24) is 9.80 Å². The zero-order valence-electron chi connectivity index (χ0n) is 18.6. The van der Waals surface area contributed by atoms with Crippen molar-refractivity contribution in [1.29, 1.82) is 0 Å². The summed E-state index contributed by atoms with van der Waals surface area (Å²) in [5, 5.41) is 9.15. The van der Waals surface area contributed by atoms with Crippen molar-refractivity contribution in [2.75, 3.05) is 13.1 Å². The lowest BCUT2D eigenvalue weighted by Gasteiger charge is -2.45. The summed E-state index contributed by atoms with van der Waals surface area (Å²) in [5.41, 5.74) is 1.71. The van der Waals surface area contributed by atoms with Crippen LogP contribution < -0.4 is 0 Å². The number of fused-ring (bicyclic) bond motifs is 2. The number of piperidine rings is 1. The standard InChI is InChI=1S/C25H28N2O5/c1-24(2,3)32-23(31)26-14-12-25(13-15-26)20-7-5-4-6-19(20)21(28)27(25)16-17-8-10-18(11-9-17)22(29)30/h4-11H,12-16H2,1-3H3,(H,29,30). The minimum Gasteiger partial charge on any atom is -0.478 e. The van der Waals surface area contributed by atoms with Crippen LogP contribution >= 0.6 is 0 Å². The molecule has 2 aromatic carbocycles. The summed E-state index contributed by atoms with van der Waals surface area (Å²) in [4.78, 5) is 40.7. The minimum atomic E-state index is -0.979. The quantitative estimate of drug-likeness (QED) is 0.777. The maximum absolute atomic E-state index is 13.4. The van der Waals surface area contributed by atoms with Gasteiger partial charge in [0.05, 0.1) is 11.1 Å². The van der Waals surface area contributed by atoms with Crippen LogP contribution in [0.25, 0.3) is 0 Å². The normalized spacial score (nSPS) is 17.4. The predicted molar refractivity (Wildman–Crippen MR) is 118 cm³/mol. The topological polar surface area (TPSA) is 87.2 Å². The van der Waals surface area contributed by atoms with Gasteiger partial charge in [0.15, 0.2) is 0 Å². The van der Waals surface area contributed by atoms with E-state index in [9.17, 15) is 14.4 Å². The summed E-state index contributed by atoms with van der Waals surface area (Å²) < 4.78 is 5.53. The summed E-state index contributed by atoms with van der Waals surface area (Å²) >= 11 is 0. The number of carboxylic acids is 1. The Hall–Kier alpha value is -3.35. The maximum atomic E-state index is 13.4. The van der Waals surface area contributed by atoms with Crippen LogP contribution in [0.15, 0.2) is 48.5 Å². The third-order valence-corrected chi connectivity index (χ3v) is 6.20. The van der Waals surface area contributed by atoms with Gasteiger partial charge < -0.3 is 19.6 Å². The SMILES string of the molecule is CC(C)(C)OC(=O)N1CCC2(CC1)c1ccccc1C(=O)N2Cc1ccc(C(=O)O)cc1. The van der Waals surface area contributed by atoms with Gasteiger partial charge in [0.2, 0.25) is 0 Å². The number of amides is 2.